The molecule has 4 unspecified atom stereocenters. The number of hydrogen-bond acceptors (Lipinski definition) is 1. The molecule has 1 aromatic rings. The first-order valence-electron chi connectivity index (χ1n) is 7.40. The lowest BCUT2D eigenvalue weighted by molar-refractivity contribution is 0.279. The van der Waals surface area contributed by atoms with Crippen LogP contribution in [0.2, 0.25) is 0 Å². The zero-order valence-electron chi connectivity index (χ0n) is 11.6. The molecule has 0 amide bonds. The monoisotopic (exact) mass is 343 g/mol. The van der Waals surface area contributed by atoms with E-state index >= 15 is 0 Å². The van der Waals surface area contributed by atoms with E-state index in [1.54, 1.807) is 7.05 Å². The minimum Gasteiger partial charge on any atom is -0.313 e. The van der Waals surface area contributed by atoms with Crippen molar-refractivity contribution in [2.45, 2.75) is 38.1 Å². The number of benzene rings is 1. The average molecular weight is 344 g/mol. The second-order valence-electron chi connectivity index (χ2n) is 6.27. The molecule has 110 valence electrons. The van der Waals surface area contributed by atoms with Crippen molar-refractivity contribution in [3.63, 3.8) is 0 Å². The quantitative estimate of drug-likeness (QED) is 0.773. The van der Waals surface area contributed by atoms with Crippen LogP contribution in [0.1, 0.15) is 43.7 Å². The van der Waals surface area contributed by atoms with Crippen LogP contribution in [0.25, 0.3) is 0 Å². The molecular formula is C16H20BrF2N. The SMILES string of the molecule is CNC(CC1CC2CCC1C2)c1c(F)ccc(Br)c1F. The van der Waals surface area contributed by atoms with Gasteiger partial charge in [-0.15, -0.1) is 0 Å². The maximum Gasteiger partial charge on any atom is 0.145 e. The Kier molecular flexibility index (Phi) is 4.14. The molecule has 3 rings (SSSR count). The zero-order valence-corrected chi connectivity index (χ0v) is 13.2. The van der Waals surface area contributed by atoms with Crippen LogP contribution >= 0.6 is 15.9 Å². The standard InChI is InChI=1S/C16H20BrF2N/c1-20-14(8-11-7-9-2-3-10(11)6-9)15-13(18)5-4-12(17)16(15)19/h4-5,9-11,14,20H,2-3,6-8H2,1H3. The highest BCUT2D eigenvalue weighted by Crippen LogP contribution is 2.51. The van der Waals surface area contributed by atoms with Gasteiger partial charge >= 0.3 is 0 Å². The van der Waals surface area contributed by atoms with Crippen molar-refractivity contribution in [2.75, 3.05) is 7.05 Å². The molecule has 0 aromatic heterocycles. The zero-order chi connectivity index (χ0) is 14.3. The van der Waals surface area contributed by atoms with E-state index in [1.807, 2.05) is 0 Å². The molecule has 1 nitrogen and oxygen atoms in total. The molecule has 0 saturated heterocycles. The smallest absolute Gasteiger partial charge is 0.145 e. The molecule has 4 heteroatoms. The van der Waals surface area contributed by atoms with E-state index in [0.717, 1.165) is 18.3 Å². The fourth-order valence-electron chi connectivity index (χ4n) is 4.21. The van der Waals surface area contributed by atoms with E-state index in [4.69, 9.17) is 0 Å². The van der Waals surface area contributed by atoms with Crippen LogP contribution < -0.4 is 5.32 Å². The second-order valence-corrected chi connectivity index (χ2v) is 7.12. The Bertz CT molecular complexity index is 505. The molecule has 2 aliphatic rings. The lowest BCUT2D eigenvalue weighted by Gasteiger charge is -2.27. The van der Waals surface area contributed by atoms with Gasteiger partial charge in [-0.2, -0.15) is 0 Å². The van der Waals surface area contributed by atoms with Crippen molar-refractivity contribution in [3.05, 3.63) is 33.8 Å². The van der Waals surface area contributed by atoms with Crippen molar-refractivity contribution >= 4 is 15.9 Å². The normalized spacial score (nSPS) is 29.9. The first-order valence-corrected chi connectivity index (χ1v) is 8.20. The van der Waals surface area contributed by atoms with E-state index in [-0.39, 0.29) is 11.6 Å². The van der Waals surface area contributed by atoms with Gasteiger partial charge in [0.05, 0.1) is 4.47 Å². The highest BCUT2D eigenvalue weighted by Gasteiger charge is 2.40. The lowest BCUT2D eigenvalue weighted by atomic mass is 9.82. The maximum atomic E-state index is 14.2. The highest BCUT2D eigenvalue weighted by atomic mass is 79.9. The van der Waals surface area contributed by atoms with Crippen LogP contribution in [-0.2, 0) is 0 Å². The minimum absolute atomic E-state index is 0.185. The van der Waals surface area contributed by atoms with Crippen molar-refractivity contribution in [2.24, 2.45) is 17.8 Å². The predicted octanol–water partition coefficient (Wildman–Crippen LogP) is 4.81. The fraction of sp³-hybridized carbons (Fsp3) is 0.625. The van der Waals surface area contributed by atoms with Crippen molar-refractivity contribution in [1.82, 2.24) is 5.32 Å². The Morgan fingerprint density at radius 2 is 2.10 bits per heavy atom. The summed E-state index contributed by atoms with van der Waals surface area (Å²) in [7, 11) is 1.79. The van der Waals surface area contributed by atoms with E-state index in [1.165, 1.54) is 37.8 Å². The summed E-state index contributed by atoms with van der Waals surface area (Å²) in [5.74, 6) is 1.33. The Morgan fingerprint density at radius 3 is 2.70 bits per heavy atom. The Morgan fingerprint density at radius 1 is 1.30 bits per heavy atom. The third-order valence-corrected chi connectivity index (χ3v) is 5.81. The molecule has 1 N–H and O–H groups in total. The summed E-state index contributed by atoms with van der Waals surface area (Å²) in [6.45, 7) is 0. The molecule has 0 radical (unpaired) electrons. The summed E-state index contributed by atoms with van der Waals surface area (Å²) in [6, 6.07) is 2.53. The summed E-state index contributed by atoms with van der Waals surface area (Å²) < 4.78 is 28.6. The van der Waals surface area contributed by atoms with Crippen LogP contribution in [0, 0.1) is 29.4 Å². The number of nitrogens with one attached hydrogen (secondary N) is 1. The van der Waals surface area contributed by atoms with Gasteiger partial charge in [0.25, 0.3) is 0 Å². The summed E-state index contributed by atoms with van der Waals surface area (Å²) in [4.78, 5) is 0. The summed E-state index contributed by atoms with van der Waals surface area (Å²) >= 11 is 3.15. The summed E-state index contributed by atoms with van der Waals surface area (Å²) in [5.41, 5.74) is 0.185. The predicted molar refractivity (Wildman–Crippen MR) is 79.4 cm³/mol. The number of hydrogen-bond donors (Lipinski definition) is 1. The molecule has 2 aliphatic carbocycles. The van der Waals surface area contributed by atoms with Crippen LogP contribution in [-0.4, -0.2) is 7.05 Å². The van der Waals surface area contributed by atoms with Gasteiger partial charge in [0.15, 0.2) is 0 Å². The van der Waals surface area contributed by atoms with Gasteiger partial charge in [0, 0.05) is 11.6 Å². The molecule has 4 atom stereocenters. The first kappa shape index (κ1) is 14.5. The minimum atomic E-state index is -0.465. The molecule has 0 heterocycles. The van der Waals surface area contributed by atoms with Crippen LogP contribution in [0.15, 0.2) is 16.6 Å². The molecular weight excluding hydrogens is 324 g/mol. The third kappa shape index (κ3) is 2.52. The molecule has 0 aliphatic heterocycles. The summed E-state index contributed by atoms with van der Waals surface area (Å²) in [5, 5.41) is 3.11. The largest absolute Gasteiger partial charge is 0.313 e. The molecule has 0 spiro atoms. The molecule has 2 fully saturated rings. The number of halogens is 3. The van der Waals surface area contributed by atoms with Crippen molar-refractivity contribution in [3.8, 4) is 0 Å². The van der Waals surface area contributed by atoms with Crippen LogP contribution in [0.3, 0.4) is 0 Å². The first-order chi connectivity index (χ1) is 9.60. The molecule has 20 heavy (non-hydrogen) atoms. The number of rotatable bonds is 4. The highest BCUT2D eigenvalue weighted by molar-refractivity contribution is 9.10. The van der Waals surface area contributed by atoms with Gasteiger partial charge < -0.3 is 5.32 Å². The average Bonchev–Trinajstić information content (AvgIpc) is 3.04. The Hall–Kier alpha value is -0.480. The second kappa shape index (κ2) is 5.72. The van der Waals surface area contributed by atoms with Gasteiger partial charge in [-0.05, 0) is 78.5 Å². The van der Waals surface area contributed by atoms with Crippen LogP contribution in [0.5, 0.6) is 0 Å². The van der Waals surface area contributed by atoms with Gasteiger partial charge in [-0.25, -0.2) is 8.78 Å². The number of fused-ring (bicyclic) bond motifs is 2. The fourth-order valence-corrected chi connectivity index (χ4v) is 4.56. The molecule has 2 saturated carbocycles. The van der Waals surface area contributed by atoms with Crippen molar-refractivity contribution < 1.29 is 8.78 Å². The van der Waals surface area contributed by atoms with E-state index in [2.05, 4.69) is 21.2 Å². The van der Waals surface area contributed by atoms with E-state index in [9.17, 15) is 8.78 Å². The molecule has 1 aromatic carbocycles. The van der Waals surface area contributed by atoms with Gasteiger partial charge in [-0.3, -0.25) is 0 Å². The van der Waals surface area contributed by atoms with Gasteiger partial charge in [0.2, 0.25) is 0 Å². The van der Waals surface area contributed by atoms with Crippen LogP contribution in [0.4, 0.5) is 8.78 Å². The molecule has 2 bridgehead atoms. The Balaban J connectivity index is 1.82. The van der Waals surface area contributed by atoms with Crippen molar-refractivity contribution in [1.29, 1.82) is 0 Å². The van der Waals surface area contributed by atoms with E-state index < -0.39 is 11.6 Å². The van der Waals surface area contributed by atoms with Gasteiger partial charge in [0.1, 0.15) is 11.6 Å². The van der Waals surface area contributed by atoms with E-state index in [0.29, 0.717) is 10.4 Å². The topological polar surface area (TPSA) is 12.0 Å². The third-order valence-electron chi connectivity index (χ3n) is 5.20. The Labute approximate surface area is 127 Å². The van der Waals surface area contributed by atoms with Gasteiger partial charge in [-0.1, -0.05) is 6.42 Å². The summed E-state index contributed by atoms with van der Waals surface area (Å²) in [6.07, 6.45) is 6.05. The lowest BCUT2D eigenvalue weighted by Crippen LogP contribution is -2.24. The maximum absolute atomic E-state index is 14.2.